The molecule has 2 saturated heterocycles. The van der Waals surface area contributed by atoms with E-state index in [2.05, 4.69) is 31.0 Å². The minimum Gasteiger partial charge on any atom is -0.380 e. The molecule has 0 aliphatic carbocycles. The summed E-state index contributed by atoms with van der Waals surface area (Å²) in [6.45, 7) is 11.0. The van der Waals surface area contributed by atoms with Crippen LogP contribution < -0.4 is 5.32 Å². The predicted octanol–water partition coefficient (Wildman–Crippen LogP) is 1.89. The zero-order valence-corrected chi connectivity index (χ0v) is 13.6. The first-order valence-corrected chi connectivity index (χ1v) is 8.22. The molecule has 118 valence electrons. The third kappa shape index (κ3) is 4.69. The predicted molar refractivity (Wildman–Crippen MR) is 82.1 cm³/mol. The minimum atomic E-state index is 0.392. The lowest BCUT2D eigenvalue weighted by atomic mass is 9.95. The molecule has 4 heteroatoms. The number of likely N-dealkylation sites (tertiary alicyclic amines) is 1. The van der Waals surface area contributed by atoms with Crippen molar-refractivity contribution in [2.75, 3.05) is 33.3 Å². The lowest BCUT2D eigenvalue weighted by Gasteiger charge is -2.37. The number of hydrogen-bond acceptors (Lipinski definition) is 4. The van der Waals surface area contributed by atoms with Crippen LogP contribution >= 0.6 is 0 Å². The van der Waals surface area contributed by atoms with Crippen molar-refractivity contribution in [2.45, 2.75) is 64.4 Å². The molecule has 0 aromatic rings. The molecule has 0 aromatic carbocycles. The summed E-state index contributed by atoms with van der Waals surface area (Å²) in [4.78, 5) is 2.52. The summed E-state index contributed by atoms with van der Waals surface area (Å²) in [5.41, 5.74) is 0. The van der Waals surface area contributed by atoms with E-state index in [1.165, 1.54) is 25.8 Å². The fourth-order valence-electron chi connectivity index (χ4n) is 3.29. The Balaban J connectivity index is 1.69. The molecule has 4 atom stereocenters. The molecule has 2 rings (SSSR count). The zero-order valence-electron chi connectivity index (χ0n) is 13.6. The van der Waals surface area contributed by atoms with Gasteiger partial charge in [-0.15, -0.1) is 0 Å². The molecule has 2 aliphatic heterocycles. The Kier molecular flexibility index (Phi) is 6.27. The monoisotopic (exact) mass is 284 g/mol. The molecule has 0 spiro atoms. The van der Waals surface area contributed by atoms with Crippen molar-refractivity contribution in [3.8, 4) is 0 Å². The first-order chi connectivity index (χ1) is 9.58. The number of piperidine rings is 1. The number of nitrogens with one attached hydrogen (secondary N) is 1. The van der Waals surface area contributed by atoms with Gasteiger partial charge in [0.05, 0.1) is 18.3 Å². The Bertz CT molecular complexity index is 286. The van der Waals surface area contributed by atoms with Crippen molar-refractivity contribution in [3.05, 3.63) is 0 Å². The SMILES string of the molecule is COC1CN(CC2CCC(CNC(C)C)O2)CCC1C. The van der Waals surface area contributed by atoms with E-state index in [-0.39, 0.29) is 0 Å². The lowest BCUT2D eigenvalue weighted by molar-refractivity contribution is -0.0304. The van der Waals surface area contributed by atoms with Crippen LogP contribution in [0.3, 0.4) is 0 Å². The smallest absolute Gasteiger partial charge is 0.0724 e. The first kappa shape index (κ1) is 16.2. The number of ether oxygens (including phenoxy) is 2. The van der Waals surface area contributed by atoms with Crippen LogP contribution in [0.2, 0.25) is 0 Å². The quantitative estimate of drug-likeness (QED) is 0.807. The zero-order chi connectivity index (χ0) is 14.5. The second-order valence-electron chi connectivity index (χ2n) is 6.82. The largest absolute Gasteiger partial charge is 0.380 e. The van der Waals surface area contributed by atoms with Gasteiger partial charge in [-0.3, -0.25) is 4.90 Å². The average molecular weight is 284 g/mol. The van der Waals surface area contributed by atoms with Crippen molar-refractivity contribution in [1.82, 2.24) is 10.2 Å². The van der Waals surface area contributed by atoms with Gasteiger partial charge in [0.2, 0.25) is 0 Å². The molecule has 4 unspecified atom stereocenters. The van der Waals surface area contributed by atoms with Crippen LogP contribution in [-0.4, -0.2) is 62.5 Å². The van der Waals surface area contributed by atoms with Crippen molar-refractivity contribution >= 4 is 0 Å². The lowest BCUT2D eigenvalue weighted by Crippen LogP contribution is -2.46. The van der Waals surface area contributed by atoms with Crippen molar-refractivity contribution in [2.24, 2.45) is 5.92 Å². The molecule has 2 fully saturated rings. The van der Waals surface area contributed by atoms with E-state index in [1.807, 2.05) is 7.11 Å². The third-order valence-electron chi connectivity index (χ3n) is 4.69. The maximum absolute atomic E-state index is 6.17. The van der Waals surface area contributed by atoms with Crippen LogP contribution in [0, 0.1) is 5.92 Å². The molecule has 0 radical (unpaired) electrons. The Morgan fingerprint density at radius 3 is 2.70 bits per heavy atom. The van der Waals surface area contributed by atoms with Crippen LogP contribution in [0.5, 0.6) is 0 Å². The summed E-state index contributed by atoms with van der Waals surface area (Å²) in [5.74, 6) is 0.684. The summed E-state index contributed by atoms with van der Waals surface area (Å²) >= 11 is 0. The van der Waals surface area contributed by atoms with E-state index >= 15 is 0 Å². The van der Waals surface area contributed by atoms with Gasteiger partial charge < -0.3 is 14.8 Å². The van der Waals surface area contributed by atoms with Gasteiger partial charge in [0.15, 0.2) is 0 Å². The Labute approximate surface area is 124 Å². The second-order valence-corrected chi connectivity index (χ2v) is 6.82. The third-order valence-corrected chi connectivity index (χ3v) is 4.69. The van der Waals surface area contributed by atoms with Crippen molar-refractivity contribution < 1.29 is 9.47 Å². The Morgan fingerprint density at radius 2 is 2.00 bits per heavy atom. The molecule has 0 aromatic heterocycles. The van der Waals surface area contributed by atoms with Crippen LogP contribution in [0.25, 0.3) is 0 Å². The van der Waals surface area contributed by atoms with Crippen molar-refractivity contribution in [1.29, 1.82) is 0 Å². The number of hydrogen-bond donors (Lipinski definition) is 1. The molecule has 20 heavy (non-hydrogen) atoms. The maximum Gasteiger partial charge on any atom is 0.0724 e. The van der Waals surface area contributed by atoms with Gasteiger partial charge in [-0.2, -0.15) is 0 Å². The van der Waals surface area contributed by atoms with E-state index in [1.54, 1.807) is 0 Å². The van der Waals surface area contributed by atoms with Crippen LogP contribution in [0.4, 0.5) is 0 Å². The van der Waals surface area contributed by atoms with Gasteiger partial charge >= 0.3 is 0 Å². The Hall–Kier alpha value is -0.160. The molecule has 2 aliphatic rings. The molecular weight excluding hydrogens is 252 g/mol. The highest BCUT2D eigenvalue weighted by molar-refractivity contribution is 4.83. The summed E-state index contributed by atoms with van der Waals surface area (Å²) in [6, 6.07) is 0.545. The highest BCUT2D eigenvalue weighted by Gasteiger charge is 2.31. The van der Waals surface area contributed by atoms with Crippen LogP contribution in [0.15, 0.2) is 0 Å². The summed E-state index contributed by atoms with van der Waals surface area (Å²) < 4.78 is 11.8. The number of nitrogens with zero attached hydrogens (tertiary/aromatic N) is 1. The molecule has 4 nitrogen and oxygen atoms in total. The molecule has 0 amide bonds. The molecule has 0 bridgehead atoms. The normalized spacial score (nSPS) is 35.9. The van der Waals surface area contributed by atoms with E-state index < -0.39 is 0 Å². The number of rotatable bonds is 6. The Morgan fingerprint density at radius 1 is 1.25 bits per heavy atom. The maximum atomic E-state index is 6.17. The molecule has 1 N–H and O–H groups in total. The summed E-state index contributed by atoms with van der Waals surface area (Å²) in [7, 11) is 1.84. The van der Waals surface area contributed by atoms with Crippen molar-refractivity contribution in [3.63, 3.8) is 0 Å². The molecule has 2 heterocycles. The molecular formula is C16H32N2O2. The van der Waals surface area contributed by atoms with Crippen LogP contribution in [0.1, 0.15) is 40.0 Å². The van der Waals surface area contributed by atoms with Gasteiger partial charge in [0.1, 0.15) is 0 Å². The summed E-state index contributed by atoms with van der Waals surface area (Å²) in [6.07, 6.45) is 4.85. The van der Waals surface area contributed by atoms with Gasteiger partial charge in [0, 0.05) is 32.8 Å². The fraction of sp³-hybridized carbons (Fsp3) is 1.00. The van der Waals surface area contributed by atoms with Crippen LogP contribution in [-0.2, 0) is 9.47 Å². The fourth-order valence-corrected chi connectivity index (χ4v) is 3.29. The second kappa shape index (κ2) is 7.74. The highest BCUT2D eigenvalue weighted by Crippen LogP contribution is 2.24. The van der Waals surface area contributed by atoms with Gasteiger partial charge in [-0.05, 0) is 31.7 Å². The first-order valence-electron chi connectivity index (χ1n) is 8.22. The average Bonchev–Trinajstić information content (AvgIpc) is 2.86. The standard InChI is InChI=1S/C16H32N2O2/c1-12(2)17-9-14-5-6-15(20-14)10-18-8-7-13(3)16(11-18)19-4/h12-17H,5-11H2,1-4H3. The summed E-state index contributed by atoms with van der Waals surface area (Å²) in [5, 5.41) is 3.47. The van der Waals surface area contributed by atoms with E-state index in [4.69, 9.17) is 9.47 Å². The van der Waals surface area contributed by atoms with E-state index in [0.717, 1.165) is 19.6 Å². The highest BCUT2D eigenvalue weighted by atomic mass is 16.5. The minimum absolute atomic E-state index is 0.392. The van der Waals surface area contributed by atoms with Gasteiger partial charge in [-0.1, -0.05) is 20.8 Å². The topological polar surface area (TPSA) is 33.7 Å². The van der Waals surface area contributed by atoms with Gasteiger partial charge in [0.25, 0.3) is 0 Å². The van der Waals surface area contributed by atoms with E-state index in [9.17, 15) is 0 Å². The van der Waals surface area contributed by atoms with E-state index in [0.29, 0.717) is 30.3 Å². The number of methoxy groups -OCH3 is 1. The van der Waals surface area contributed by atoms with Gasteiger partial charge in [-0.25, -0.2) is 0 Å². The molecule has 0 saturated carbocycles.